The topological polar surface area (TPSA) is 108 Å². The number of carboxylic acid groups (broad SMARTS) is 1. The quantitative estimate of drug-likeness (QED) is 0.585. The summed E-state index contributed by atoms with van der Waals surface area (Å²) in [5, 5.41) is 9.06. The van der Waals surface area contributed by atoms with Crippen LogP contribution >= 0.6 is 0 Å². The van der Waals surface area contributed by atoms with E-state index in [1.54, 1.807) is 0 Å². The van der Waals surface area contributed by atoms with Crippen molar-refractivity contribution in [3.05, 3.63) is 61.7 Å². The maximum absolute atomic E-state index is 14.5. The van der Waals surface area contributed by atoms with E-state index in [0.29, 0.717) is 0 Å². The monoisotopic (exact) mass is 432 g/mol. The molecule has 8 nitrogen and oxygen atoms in total. The molecule has 1 aromatic carbocycles. The number of alkyl halides is 3. The zero-order chi connectivity index (χ0) is 23.2. The number of hydrogen-bond acceptors (Lipinski definition) is 5. The van der Waals surface area contributed by atoms with Gasteiger partial charge in [0.15, 0.2) is 0 Å². The Bertz CT molecular complexity index is 1160. The number of carbonyl (C=O) groups is 2. The van der Waals surface area contributed by atoms with Gasteiger partial charge in [0.05, 0.1) is 11.3 Å². The fourth-order valence-corrected chi connectivity index (χ4v) is 2.50. The third kappa shape index (κ3) is 4.11. The zero-order valence-corrected chi connectivity index (χ0v) is 16.1. The van der Waals surface area contributed by atoms with Crippen LogP contribution in [0.25, 0.3) is 5.69 Å². The molecular formula is C18H16F4N2O6. The van der Waals surface area contributed by atoms with E-state index in [-0.39, 0.29) is 26.3 Å². The van der Waals surface area contributed by atoms with Gasteiger partial charge in [-0.15, -0.1) is 0 Å². The first-order valence-electron chi connectivity index (χ1n) is 8.25. The molecule has 0 unspecified atom stereocenters. The number of esters is 1. The number of aliphatic carboxylic acids is 1. The van der Waals surface area contributed by atoms with Gasteiger partial charge in [-0.2, -0.15) is 13.2 Å². The zero-order valence-electron chi connectivity index (χ0n) is 16.1. The molecule has 162 valence electrons. The normalized spacial score (nSPS) is 12.0. The highest BCUT2D eigenvalue weighted by Gasteiger charge is 2.36. The SMILES string of the molecule is Cc1cc(F)c(-n2c(=O)cc(C(F)(F)F)n(C)c2=O)cc1C(=O)OC(C)(C)C(=O)O. The van der Waals surface area contributed by atoms with Gasteiger partial charge in [-0.05, 0) is 38.5 Å². The summed E-state index contributed by atoms with van der Waals surface area (Å²) < 4.78 is 58.5. The molecule has 2 aromatic rings. The van der Waals surface area contributed by atoms with E-state index < -0.39 is 52.2 Å². The largest absolute Gasteiger partial charge is 0.478 e. The van der Waals surface area contributed by atoms with Gasteiger partial charge in [-0.3, -0.25) is 9.36 Å². The minimum atomic E-state index is -5.00. The number of aromatic nitrogens is 2. The third-order valence-electron chi connectivity index (χ3n) is 4.23. The summed E-state index contributed by atoms with van der Waals surface area (Å²) in [6, 6.07) is 1.62. The Morgan fingerprint density at radius 1 is 1.10 bits per heavy atom. The second-order valence-corrected chi connectivity index (χ2v) is 6.87. The molecule has 0 spiro atoms. The van der Waals surface area contributed by atoms with E-state index in [2.05, 4.69) is 0 Å². The maximum Gasteiger partial charge on any atom is 0.431 e. The molecule has 0 saturated heterocycles. The molecule has 0 fully saturated rings. The second-order valence-electron chi connectivity index (χ2n) is 6.87. The van der Waals surface area contributed by atoms with Crippen LogP contribution in [0.2, 0.25) is 0 Å². The first-order valence-corrected chi connectivity index (χ1v) is 8.25. The van der Waals surface area contributed by atoms with Crippen LogP contribution in [0.5, 0.6) is 0 Å². The van der Waals surface area contributed by atoms with Gasteiger partial charge in [0.1, 0.15) is 11.5 Å². The minimum absolute atomic E-state index is 0.0146. The lowest BCUT2D eigenvalue weighted by molar-refractivity contribution is -0.155. The van der Waals surface area contributed by atoms with Crippen molar-refractivity contribution < 1.29 is 37.0 Å². The fraction of sp³-hybridized carbons (Fsp3) is 0.333. The maximum atomic E-state index is 14.5. The lowest BCUT2D eigenvalue weighted by Crippen LogP contribution is -2.41. The summed E-state index contributed by atoms with van der Waals surface area (Å²) in [5.41, 5.74) is -7.64. The minimum Gasteiger partial charge on any atom is -0.478 e. The summed E-state index contributed by atoms with van der Waals surface area (Å²) in [6.45, 7) is 3.46. The van der Waals surface area contributed by atoms with Gasteiger partial charge in [-0.1, -0.05) is 0 Å². The molecular weight excluding hydrogens is 416 g/mol. The second kappa shape index (κ2) is 7.43. The molecule has 0 aliphatic carbocycles. The summed E-state index contributed by atoms with van der Waals surface area (Å²) in [7, 11) is 0.748. The Morgan fingerprint density at radius 3 is 2.17 bits per heavy atom. The summed E-state index contributed by atoms with van der Waals surface area (Å²) in [6.07, 6.45) is -5.00. The summed E-state index contributed by atoms with van der Waals surface area (Å²) >= 11 is 0. The van der Waals surface area contributed by atoms with Gasteiger partial charge >= 0.3 is 23.8 Å². The number of rotatable bonds is 4. The molecule has 0 saturated carbocycles. The van der Waals surface area contributed by atoms with E-state index >= 15 is 0 Å². The molecule has 0 radical (unpaired) electrons. The van der Waals surface area contributed by atoms with Crippen LogP contribution in [0.4, 0.5) is 17.6 Å². The Morgan fingerprint density at radius 2 is 1.67 bits per heavy atom. The first kappa shape index (κ1) is 22.8. The highest BCUT2D eigenvalue weighted by molar-refractivity contribution is 5.94. The summed E-state index contributed by atoms with van der Waals surface area (Å²) in [4.78, 5) is 48.1. The van der Waals surface area contributed by atoms with E-state index in [4.69, 9.17) is 9.84 Å². The van der Waals surface area contributed by atoms with Crippen molar-refractivity contribution >= 4 is 11.9 Å². The van der Waals surface area contributed by atoms with Crippen molar-refractivity contribution in [2.45, 2.75) is 32.5 Å². The van der Waals surface area contributed by atoms with Crippen molar-refractivity contribution in [1.82, 2.24) is 9.13 Å². The Kier molecular flexibility index (Phi) is 5.66. The van der Waals surface area contributed by atoms with Gasteiger partial charge < -0.3 is 9.84 Å². The van der Waals surface area contributed by atoms with Crippen molar-refractivity contribution in [3.8, 4) is 5.69 Å². The number of nitrogens with zero attached hydrogens (tertiary/aromatic N) is 2. The van der Waals surface area contributed by atoms with Crippen molar-refractivity contribution in [3.63, 3.8) is 0 Å². The summed E-state index contributed by atoms with van der Waals surface area (Å²) in [5.74, 6) is -3.83. The van der Waals surface area contributed by atoms with Crippen LogP contribution in [0.1, 0.15) is 35.5 Å². The average molecular weight is 432 g/mol. The van der Waals surface area contributed by atoms with E-state index in [9.17, 15) is 36.7 Å². The van der Waals surface area contributed by atoms with Crippen molar-refractivity contribution in [2.24, 2.45) is 7.05 Å². The Labute approximate surface area is 165 Å². The molecule has 1 N–H and O–H groups in total. The molecule has 1 heterocycles. The van der Waals surface area contributed by atoms with Crippen molar-refractivity contribution in [1.29, 1.82) is 0 Å². The Balaban J connectivity index is 2.71. The third-order valence-corrected chi connectivity index (χ3v) is 4.23. The van der Waals surface area contributed by atoms with Gasteiger partial charge in [0.25, 0.3) is 5.56 Å². The number of carbonyl (C=O) groups excluding carboxylic acids is 1. The first-order chi connectivity index (χ1) is 13.6. The van der Waals surface area contributed by atoms with Gasteiger partial charge in [0, 0.05) is 13.1 Å². The molecule has 30 heavy (non-hydrogen) atoms. The van der Waals surface area contributed by atoms with Crippen molar-refractivity contribution in [2.75, 3.05) is 0 Å². The van der Waals surface area contributed by atoms with Crippen LogP contribution in [0.15, 0.2) is 27.8 Å². The lowest BCUT2D eigenvalue weighted by Gasteiger charge is -2.21. The van der Waals surface area contributed by atoms with Crippen LogP contribution in [-0.2, 0) is 22.8 Å². The molecule has 0 aliphatic heterocycles. The number of carboxylic acids is 1. The molecule has 2 rings (SSSR count). The van der Waals surface area contributed by atoms with Gasteiger partial charge in [-0.25, -0.2) is 23.3 Å². The van der Waals surface area contributed by atoms with Crippen LogP contribution in [0, 0.1) is 12.7 Å². The average Bonchev–Trinajstić information content (AvgIpc) is 2.58. The smallest absolute Gasteiger partial charge is 0.431 e. The van der Waals surface area contributed by atoms with E-state index in [1.165, 1.54) is 6.92 Å². The molecule has 12 heteroatoms. The number of ether oxygens (including phenoxy) is 1. The standard InChI is InChI=1S/C18H16F4N2O6/c1-8-5-10(19)11(6-9(8)14(26)30-17(2,3)15(27)28)24-13(25)7-12(18(20,21)22)23(4)16(24)29/h5-7H,1-4H3,(H,27,28). The Hall–Kier alpha value is -3.44. The molecule has 0 amide bonds. The van der Waals surface area contributed by atoms with E-state index in [0.717, 1.165) is 33.0 Å². The van der Waals surface area contributed by atoms with Gasteiger partial charge in [0.2, 0.25) is 5.60 Å². The number of aryl methyl sites for hydroxylation is 1. The highest BCUT2D eigenvalue weighted by Crippen LogP contribution is 2.27. The number of hydrogen-bond donors (Lipinski definition) is 1. The number of benzene rings is 1. The molecule has 0 atom stereocenters. The molecule has 0 bridgehead atoms. The molecule has 1 aromatic heterocycles. The lowest BCUT2D eigenvalue weighted by atomic mass is 10.1. The molecule has 0 aliphatic rings. The van der Waals surface area contributed by atoms with E-state index in [1.807, 2.05) is 0 Å². The van der Waals surface area contributed by atoms with Crippen LogP contribution in [-0.4, -0.2) is 31.8 Å². The van der Waals surface area contributed by atoms with Crippen LogP contribution < -0.4 is 11.2 Å². The van der Waals surface area contributed by atoms with Crippen LogP contribution in [0.3, 0.4) is 0 Å². The predicted molar refractivity (Wildman–Crippen MR) is 94.1 cm³/mol. The predicted octanol–water partition coefficient (Wildman–Crippen LogP) is 2.02. The fourth-order valence-electron chi connectivity index (χ4n) is 2.50. The highest BCUT2D eigenvalue weighted by atomic mass is 19.4. The number of halogens is 4.